The summed E-state index contributed by atoms with van der Waals surface area (Å²) in [6, 6.07) is 10.9. The van der Waals surface area contributed by atoms with Crippen LogP contribution in [0.1, 0.15) is 44.7 Å². The van der Waals surface area contributed by atoms with Crippen molar-refractivity contribution in [3.63, 3.8) is 0 Å². The number of nitrogens with one attached hydrogen (secondary N) is 2. The molecule has 0 spiro atoms. The minimum absolute atomic E-state index is 0.629. The summed E-state index contributed by atoms with van der Waals surface area (Å²) in [5.41, 5.74) is 3.10. The molecular weight excluding hydrogens is 260 g/mol. The number of nitrogens with zero attached hydrogens (tertiary/aromatic N) is 2. The Balaban J connectivity index is 1.67. The first kappa shape index (κ1) is 14.3. The Hall–Kier alpha value is -1.68. The average molecular weight is 284 g/mol. The molecule has 1 heterocycles. The molecule has 4 heteroatoms. The molecule has 0 aliphatic heterocycles. The highest BCUT2D eigenvalue weighted by Crippen LogP contribution is 2.27. The van der Waals surface area contributed by atoms with Gasteiger partial charge in [0.15, 0.2) is 0 Å². The van der Waals surface area contributed by atoms with Crippen molar-refractivity contribution in [1.82, 2.24) is 20.7 Å². The predicted octanol–water partition coefficient (Wildman–Crippen LogP) is 3.53. The van der Waals surface area contributed by atoms with E-state index in [1.165, 1.54) is 32.1 Å². The Morgan fingerprint density at radius 1 is 1.14 bits per heavy atom. The van der Waals surface area contributed by atoms with Crippen LogP contribution >= 0.6 is 0 Å². The van der Waals surface area contributed by atoms with E-state index in [1.54, 1.807) is 0 Å². The van der Waals surface area contributed by atoms with Crippen LogP contribution in [0.25, 0.3) is 11.3 Å². The number of H-pyrrole nitrogens is 1. The van der Waals surface area contributed by atoms with E-state index in [4.69, 9.17) is 0 Å². The van der Waals surface area contributed by atoms with Crippen molar-refractivity contribution in [2.45, 2.75) is 51.6 Å². The maximum absolute atomic E-state index is 4.33. The molecule has 2 atom stereocenters. The van der Waals surface area contributed by atoms with E-state index in [0.717, 1.165) is 29.4 Å². The van der Waals surface area contributed by atoms with E-state index in [9.17, 15) is 0 Å². The highest BCUT2D eigenvalue weighted by molar-refractivity contribution is 5.60. The van der Waals surface area contributed by atoms with Gasteiger partial charge >= 0.3 is 0 Å². The van der Waals surface area contributed by atoms with Crippen molar-refractivity contribution >= 4 is 0 Å². The zero-order chi connectivity index (χ0) is 14.5. The lowest BCUT2D eigenvalue weighted by molar-refractivity contribution is 0.254. The fraction of sp³-hybridized carbons (Fsp3) is 0.529. The second-order valence-electron chi connectivity index (χ2n) is 5.93. The Morgan fingerprint density at radius 2 is 1.95 bits per heavy atom. The summed E-state index contributed by atoms with van der Waals surface area (Å²) < 4.78 is 0. The van der Waals surface area contributed by atoms with Gasteiger partial charge in [-0.2, -0.15) is 15.4 Å². The summed E-state index contributed by atoms with van der Waals surface area (Å²) in [4.78, 5) is 0. The largest absolute Gasteiger partial charge is 0.308 e. The van der Waals surface area contributed by atoms with Gasteiger partial charge in [0.1, 0.15) is 11.4 Å². The summed E-state index contributed by atoms with van der Waals surface area (Å²) in [7, 11) is 0. The highest BCUT2D eigenvalue weighted by atomic mass is 15.3. The SMILES string of the molecule is CCC1CCCCC1NCc1n[nH]nc1-c1ccccc1. The van der Waals surface area contributed by atoms with Crippen molar-refractivity contribution < 1.29 is 0 Å². The molecule has 0 bridgehead atoms. The maximum Gasteiger partial charge on any atom is 0.117 e. The first-order valence-corrected chi connectivity index (χ1v) is 8.07. The second kappa shape index (κ2) is 6.85. The summed E-state index contributed by atoms with van der Waals surface area (Å²) in [5, 5.41) is 15.1. The fourth-order valence-corrected chi connectivity index (χ4v) is 3.40. The molecule has 3 rings (SSSR count). The third-order valence-corrected chi connectivity index (χ3v) is 4.63. The molecule has 1 saturated carbocycles. The number of benzene rings is 1. The second-order valence-corrected chi connectivity index (χ2v) is 5.93. The number of aromatic nitrogens is 3. The number of hydrogen-bond acceptors (Lipinski definition) is 3. The van der Waals surface area contributed by atoms with Gasteiger partial charge in [0, 0.05) is 18.2 Å². The van der Waals surface area contributed by atoms with E-state index in [2.05, 4.69) is 39.8 Å². The van der Waals surface area contributed by atoms with Gasteiger partial charge < -0.3 is 5.32 Å². The smallest absolute Gasteiger partial charge is 0.117 e. The molecule has 0 amide bonds. The Labute approximate surface area is 126 Å². The molecule has 2 unspecified atom stereocenters. The minimum atomic E-state index is 0.629. The Morgan fingerprint density at radius 3 is 2.76 bits per heavy atom. The highest BCUT2D eigenvalue weighted by Gasteiger charge is 2.23. The topological polar surface area (TPSA) is 53.6 Å². The minimum Gasteiger partial charge on any atom is -0.308 e. The van der Waals surface area contributed by atoms with E-state index >= 15 is 0 Å². The normalized spacial score (nSPS) is 22.3. The van der Waals surface area contributed by atoms with E-state index in [0.29, 0.717) is 6.04 Å². The van der Waals surface area contributed by atoms with Crippen LogP contribution in [-0.4, -0.2) is 21.5 Å². The van der Waals surface area contributed by atoms with Crippen LogP contribution in [0.15, 0.2) is 30.3 Å². The summed E-state index contributed by atoms with van der Waals surface area (Å²) >= 11 is 0. The third-order valence-electron chi connectivity index (χ3n) is 4.63. The first-order chi connectivity index (χ1) is 10.4. The third kappa shape index (κ3) is 3.32. The number of hydrogen-bond donors (Lipinski definition) is 2. The van der Waals surface area contributed by atoms with Gasteiger partial charge in [-0.25, -0.2) is 0 Å². The van der Waals surface area contributed by atoms with Crippen molar-refractivity contribution in [3.8, 4) is 11.3 Å². The maximum atomic E-state index is 4.33. The molecule has 1 aromatic heterocycles. The van der Waals surface area contributed by atoms with Crippen LogP contribution in [0.5, 0.6) is 0 Å². The van der Waals surface area contributed by atoms with Crippen LogP contribution in [0.2, 0.25) is 0 Å². The van der Waals surface area contributed by atoms with Gasteiger partial charge in [-0.3, -0.25) is 0 Å². The van der Waals surface area contributed by atoms with Gasteiger partial charge in [-0.15, -0.1) is 0 Å². The average Bonchev–Trinajstić information content (AvgIpc) is 3.02. The predicted molar refractivity (Wildman–Crippen MR) is 84.7 cm³/mol. The van der Waals surface area contributed by atoms with Crippen LogP contribution in [0.3, 0.4) is 0 Å². The molecule has 1 aliphatic carbocycles. The molecule has 2 N–H and O–H groups in total. The lowest BCUT2D eigenvalue weighted by Gasteiger charge is -2.31. The molecule has 1 aliphatic rings. The monoisotopic (exact) mass is 284 g/mol. The lowest BCUT2D eigenvalue weighted by atomic mass is 9.83. The summed E-state index contributed by atoms with van der Waals surface area (Å²) in [6.45, 7) is 3.10. The molecule has 21 heavy (non-hydrogen) atoms. The van der Waals surface area contributed by atoms with E-state index < -0.39 is 0 Å². The van der Waals surface area contributed by atoms with Gasteiger partial charge in [0.25, 0.3) is 0 Å². The zero-order valence-corrected chi connectivity index (χ0v) is 12.7. The van der Waals surface area contributed by atoms with E-state index in [-0.39, 0.29) is 0 Å². The van der Waals surface area contributed by atoms with Crippen LogP contribution < -0.4 is 5.32 Å². The van der Waals surface area contributed by atoms with Gasteiger partial charge in [0.2, 0.25) is 0 Å². The Bertz CT molecular complexity index is 549. The van der Waals surface area contributed by atoms with Crippen LogP contribution in [-0.2, 0) is 6.54 Å². The zero-order valence-electron chi connectivity index (χ0n) is 12.7. The fourth-order valence-electron chi connectivity index (χ4n) is 3.40. The summed E-state index contributed by atoms with van der Waals surface area (Å²) in [5.74, 6) is 0.811. The molecule has 0 radical (unpaired) electrons. The molecule has 1 aromatic carbocycles. The van der Waals surface area contributed by atoms with Gasteiger partial charge in [-0.05, 0) is 18.8 Å². The Kier molecular flexibility index (Phi) is 4.65. The van der Waals surface area contributed by atoms with Gasteiger partial charge in [-0.1, -0.05) is 56.5 Å². The molecule has 2 aromatic rings. The van der Waals surface area contributed by atoms with Crippen molar-refractivity contribution in [3.05, 3.63) is 36.0 Å². The summed E-state index contributed by atoms with van der Waals surface area (Å²) in [6.07, 6.45) is 6.64. The van der Waals surface area contributed by atoms with Crippen molar-refractivity contribution in [2.24, 2.45) is 5.92 Å². The molecule has 112 valence electrons. The van der Waals surface area contributed by atoms with E-state index in [1.807, 2.05) is 18.2 Å². The van der Waals surface area contributed by atoms with Crippen molar-refractivity contribution in [1.29, 1.82) is 0 Å². The molecule has 4 nitrogen and oxygen atoms in total. The standard InChI is InChI=1S/C17H24N4/c1-2-13-8-6-7-11-15(13)18-12-16-17(20-21-19-16)14-9-4-3-5-10-14/h3-5,9-10,13,15,18H,2,6-8,11-12H2,1H3,(H,19,20,21). The number of aromatic amines is 1. The molecular formula is C17H24N4. The first-order valence-electron chi connectivity index (χ1n) is 8.07. The van der Waals surface area contributed by atoms with Crippen LogP contribution in [0, 0.1) is 5.92 Å². The van der Waals surface area contributed by atoms with Crippen molar-refractivity contribution in [2.75, 3.05) is 0 Å². The molecule has 0 saturated heterocycles. The quantitative estimate of drug-likeness (QED) is 0.883. The van der Waals surface area contributed by atoms with Crippen LogP contribution in [0.4, 0.5) is 0 Å². The van der Waals surface area contributed by atoms with Gasteiger partial charge in [0.05, 0.1) is 0 Å². The lowest BCUT2D eigenvalue weighted by Crippen LogP contribution is -2.38. The number of rotatable bonds is 5. The molecule has 1 fully saturated rings.